The van der Waals surface area contributed by atoms with Gasteiger partial charge < -0.3 is 4.74 Å². The van der Waals surface area contributed by atoms with Crippen LogP contribution in [0.2, 0.25) is 0 Å². The van der Waals surface area contributed by atoms with Gasteiger partial charge in [-0.25, -0.2) is 0 Å². The highest BCUT2D eigenvalue weighted by Crippen LogP contribution is 2.25. The summed E-state index contributed by atoms with van der Waals surface area (Å²) < 4.78 is 5.57. The number of hydrogen-bond donors (Lipinski definition) is 0. The standard InChI is InChI=1S/C15H15N3O/c1-3-11(2)12-4-6-14(7-5-12)19-15-13(10-16)8-9-17-18-15/h4-9,11H,3H2,1-2H3. The first-order valence-electron chi connectivity index (χ1n) is 6.24. The molecule has 1 atom stereocenters. The van der Waals surface area contributed by atoms with Gasteiger partial charge in [-0.2, -0.15) is 10.4 Å². The molecule has 0 radical (unpaired) electrons. The van der Waals surface area contributed by atoms with Crippen LogP contribution in [0.25, 0.3) is 0 Å². The summed E-state index contributed by atoms with van der Waals surface area (Å²) in [7, 11) is 0. The van der Waals surface area contributed by atoms with Crippen LogP contribution in [0, 0.1) is 11.3 Å². The molecule has 19 heavy (non-hydrogen) atoms. The zero-order valence-electron chi connectivity index (χ0n) is 11.0. The Kier molecular flexibility index (Phi) is 4.09. The van der Waals surface area contributed by atoms with Crippen LogP contribution in [0.1, 0.15) is 37.3 Å². The predicted octanol–water partition coefficient (Wildman–Crippen LogP) is 3.65. The fourth-order valence-corrected chi connectivity index (χ4v) is 1.69. The summed E-state index contributed by atoms with van der Waals surface area (Å²) in [5.74, 6) is 1.42. The Labute approximate surface area is 112 Å². The van der Waals surface area contributed by atoms with E-state index >= 15 is 0 Å². The minimum absolute atomic E-state index is 0.237. The highest BCUT2D eigenvalue weighted by molar-refractivity contribution is 5.39. The predicted molar refractivity (Wildman–Crippen MR) is 72.0 cm³/mol. The molecule has 0 fully saturated rings. The van der Waals surface area contributed by atoms with Gasteiger partial charge in [-0.3, -0.25) is 0 Å². The molecule has 0 aliphatic heterocycles. The van der Waals surface area contributed by atoms with Crippen LogP contribution in [0.4, 0.5) is 0 Å². The van der Waals surface area contributed by atoms with E-state index in [2.05, 4.69) is 24.0 Å². The van der Waals surface area contributed by atoms with Crippen LogP contribution in [-0.2, 0) is 0 Å². The third kappa shape index (κ3) is 3.08. The highest BCUT2D eigenvalue weighted by Gasteiger charge is 2.07. The van der Waals surface area contributed by atoms with Gasteiger partial charge in [0.1, 0.15) is 17.4 Å². The molecule has 0 saturated heterocycles. The molecule has 4 heteroatoms. The number of hydrogen-bond acceptors (Lipinski definition) is 4. The summed E-state index contributed by atoms with van der Waals surface area (Å²) in [6.07, 6.45) is 2.57. The first-order valence-corrected chi connectivity index (χ1v) is 6.24. The van der Waals surface area contributed by atoms with Crippen molar-refractivity contribution >= 4 is 0 Å². The normalized spacial score (nSPS) is 11.6. The van der Waals surface area contributed by atoms with Crippen LogP contribution in [0.15, 0.2) is 36.5 Å². The lowest BCUT2D eigenvalue weighted by Crippen LogP contribution is -1.95. The number of nitriles is 1. The minimum atomic E-state index is 0.237. The quantitative estimate of drug-likeness (QED) is 0.834. The Hall–Kier alpha value is -2.41. The zero-order chi connectivity index (χ0) is 13.7. The van der Waals surface area contributed by atoms with E-state index in [0.29, 0.717) is 17.2 Å². The van der Waals surface area contributed by atoms with Crippen molar-refractivity contribution in [2.75, 3.05) is 0 Å². The summed E-state index contributed by atoms with van der Waals surface area (Å²) in [4.78, 5) is 0. The molecular weight excluding hydrogens is 238 g/mol. The molecule has 1 aromatic heterocycles. The van der Waals surface area contributed by atoms with Gasteiger partial charge in [0.15, 0.2) is 0 Å². The summed E-state index contributed by atoms with van der Waals surface area (Å²) in [5.41, 5.74) is 1.65. The monoisotopic (exact) mass is 253 g/mol. The van der Waals surface area contributed by atoms with Crippen molar-refractivity contribution in [3.05, 3.63) is 47.7 Å². The molecule has 96 valence electrons. The lowest BCUT2D eigenvalue weighted by atomic mass is 9.99. The smallest absolute Gasteiger partial charge is 0.256 e. The second-order valence-electron chi connectivity index (χ2n) is 4.34. The van der Waals surface area contributed by atoms with Crippen LogP contribution >= 0.6 is 0 Å². The van der Waals surface area contributed by atoms with Crippen LogP contribution in [0.3, 0.4) is 0 Å². The van der Waals surface area contributed by atoms with E-state index in [1.54, 1.807) is 6.07 Å². The molecule has 1 heterocycles. The third-order valence-electron chi connectivity index (χ3n) is 3.08. The van der Waals surface area contributed by atoms with Crippen molar-refractivity contribution in [3.8, 4) is 17.7 Å². The Morgan fingerprint density at radius 2 is 2.00 bits per heavy atom. The molecule has 4 nitrogen and oxygen atoms in total. The van der Waals surface area contributed by atoms with Gasteiger partial charge in [-0.1, -0.05) is 26.0 Å². The van der Waals surface area contributed by atoms with Gasteiger partial charge in [-0.05, 0) is 36.1 Å². The maximum absolute atomic E-state index is 8.95. The van der Waals surface area contributed by atoms with Gasteiger partial charge in [0, 0.05) is 0 Å². The number of ether oxygens (including phenoxy) is 1. The van der Waals surface area contributed by atoms with E-state index in [0.717, 1.165) is 6.42 Å². The number of rotatable bonds is 4. The fourth-order valence-electron chi connectivity index (χ4n) is 1.69. The van der Waals surface area contributed by atoms with E-state index in [-0.39, 0.29) is 5.88 Å². The van der Waals surface area contributed by atoms with Crippen molar-refractivity contribution in [2.45, 2.75) is 26.2 Å². The van der Waals surface area contributed by atoms with Crippen molar-refractivity contribution in [1.29, 1.82) is 5.26 Å². The molecule has 2 rings (SSSR count). The first-order chi connectivity index (χ1) is 9.24. The zero-order valence-corrected chi connectivity index (χ0v) is 11.0. The summed E-state index contributed by atoms with van der Waals surface area (Å²) >= 11 is 0. The molecule has 0 aliphatic rings. The Balaban J connectivity index is 2.18. The second-order valence-corrected chi connectivity index (χ2v) is 4.34. The largest absolute Gasteiger partial charge is 0.437 e. The topological polar surface area (TPSA) is 58.8 Å². The number of aromatic nitrogens is 2. The Bertz CT molecular complexity index is 587. The Morgan fingerprint density at radius 1 is 1.26 bits per heavy atom. The lowest BCUT2D eigenvalue weighted by Gasteiger charge is -2.10. The van der Waals surface area contributed by atoms with Crippen LogP contribution in [0.5, 0.6) is 11.6 Å². The van der Waals surface area contributed by atoms with E-state index in [9.17, 15) is 0 Å². The summed E-state index contributed by atoms with van der Waals surface area (Å²) in [6.45, 7) is 4.35. The Morgan fingerprint density at radius 3 is 2.63 bits per heavy atom. The van der Waals surface area contributed by atoms with Gasteiger partial charge in [0.2, 0.25) is 0 Å². The van der Waals surface area contributed by atoms with E-state index in [1.165, 1.54) is 11.8 Å². The SMILES string of the molecule is CCC(C)c1ccc(Oc2nnccc2C#N)cc1. The molecule has 1 unspecified atom stereocenters. The number of benzene rings is 1. The van der Waals surface area contributed by atoms with Gasteiger partial charge >= 0.3 is 0 Å². The molecule has 0 bridgehead atoms. The average molecular weight is 253 g/mol. The maximum atomic E-state index is 8.95. The van der Waals surface area contributed by atoms with Crippen molar-refractivity contribution in [2.24, 2.45) is 0 Å². The summed E-state index contributed by atoms with van der Waals surface area (Å²) in [6, 6.07) is 11.4. The van der Waals surface area contributed by atoms with Crippen molar-refractivity contribution in [3.63, 3.8) is 0 Å². The molecular formula is C15H15N3O. The van der Waals surface area contributed by atoms with Gasteiger partial charge in [0.05, 0.1) is 6.20 Å². The van der Waals surface area contributed by atoms with E-state index in [1.807, 2.05) is 30.3 Å². The van der Waals surface area contributed by atoms with Crippen molar-refractivity contribution < 1.29 is 4.74 Å². The minimum Gasteiger partial charge on any atom is -0.437 e. The molecule has 1 aromatic carbocycles. The molecule has 2 aromatic rings. The molecule has 0 amide bonds. The first kappa shape index (κ1) is 13.0. The van der Waals surface area contributed by atoms with Gasteiger partial charge in [-0.15, -0.1) is 5.10 Å². The van der Waals surface area contributed by atoms with Crippen molar-refractivity contribution in [1.82, 2.24) is 10.2 Å². The van der Waals surface area contributed by atoms with E-state index in [4.69, 9.17) is 10.00 Å². The van der Waals surface area contributed by atoms with Crippen LogP contribution in [-0.4, -0.2) is 10.2 Å². The lowest BCUT2D eigenvalue weighted by molar-refractivity contribution is 0.453. The molecule has 0 aliphatic carbocycles. The fraction of sp³-hybridized carbons (Fsp3) is 0.267. The second kappa shape index (κ2) is 5.96. The van der Waals surface area contributed by atoms with Crippen LogP contribution < -0.4 is 4.74 Å². The van der Waals surface area contributed by atoms with Gasteiger partial charge in [0.25, 0.3) is 5.88 Å². The highest BCUT2D eigenvalue weighted by atomic mass is 16.5. The molecule has 0 N–H and O–H groups in total. The molecule has 0 spiro atoms. The van der Waals surface area contributed by atoms with E-state index < -0.39 is 0 Å². The molecule has 0 saturated carbocycles. The maximum Gasteiger partial charge on any atom is 0.256 e. The summed E-state index contributed by atoms with van der Waals surface area (Å²) in [5, 5.41) is 16.5. The average Bonchev–Trinajstić information content (AvgIpc) is 2.48. The third-order valence-corrected chi connectivity index (χ3v) is 3.08. The number of nitrogens with zero attached hydrogens (tertiary/aromatic N) is 3.